The van der Waals surface area contributed by atoms with Crippen LogP contribution >= 0.6 is 11.6 Å². The Bertz CT molecular complexity index is 1320. The van der Waals surface area contributed by atoms with Crippen molar-refractivity contribution < 1.29 is 14.3 Å². The minimum atomic E-state index is -0.119. The molecule has 0 unspecified atom stereocenters. The summed E-state index contributed by atoms with van der Waals surface area (Å²) in [7, 11) is 3.15. The van der Waals surface area contributed by atoms with Crippen LogP contribution in [0.25, 0.3) is 10.9 Å². The minimum Gasteiger partial charge on any atom is -0.493 e. The predicted octanol–water partition coefficient (Wildman–Crippen LogP) is 6.14. The van der Waals surface area contributed by atoms with Crippen LogP contribution in [-0.2, 0) is 11.2 Å². The van der Waals surface area contributed by atoms with E-state index >= 15 is 0 Å². The second-order valence-corrected chi connectivity index (χ2v) is 8.04. The fourth-order valence-electron chi connectivity index (χ4n) is 3.63. The zero-order valence-corrected chi connectivity index (χ0v) is 19.4. The van der Waals surface area contributed by atoms with Gasteiger partial charge in [-0.1, -0.05) is 23.7 Å². The van der Waals surface area contributed by atoms with E-state index in [1.54, 1.807) is 26.4 Å². The van der Waals surface area contributed by atoms with Gasteiger partial charge in [0, 0.05) is 21.8 Å². The number of fused-ring (bicyclic) bond motifs is 1. The fraction of sp³-hybridized carbons (Fsp3) is 0.154. The molecular weight excluding hydrogens is 438 g/mol. The number of methoxy groups -OCH3 is 2. The van der Waals surface area contributed by atoms with E-state index in [1.807, 2.05) is 61.5 Å². The average Bonchev–Trinajstić information content (AvgIpc) is 2.79. The van der Waals surface area contributed by atoms with E-state index in [2.05, 4.69) is 10.6 Å². The maximum Gasteiger partial charge on any atom is 0.228 e. The van der Waals surface area contributed by atoms with Crippen LogP contribution < -0.4 is 20.1 Å². The van der Waals surface area contributed by atoms with Crippen molar-refractivity contribution in [2.45, 2.75) is 13.3 Å². The maximum atomic E-state index is 12.6. The van der Waals surface area contributed by atoms with Crippen LogP contribution in [0.1, 0.15) is 11.1 Å². The van der Waals surface area contributed by atoms with E-state index in [0.717, 1.165) is 33.5 Å². The van der Waals surface area contributed by atoms with E-state index < -0.39 is 0 Å². The highest BCUT2D eigenvalue weighted by molar-refractivity contribution is 6.30. The maximum absolute atomic E-state index is 12.6. The molecule has 2 N–H and O–H groups in total. The van der Waals surface area contributed by atoms with Crippen LogP contribution in [0.4, 0.5) is 17.2 Å². The summed E-state index contributed by atoms with van der Waals surface area (Å²) in [4.78, 5) is 17.3. The lowest BCUT2D eigenvalue weighted by atomic mass is 10.1. The minimum absolute atomic E-state index is 0.119. The molecule has 0 saturated heterocycles. The number of benzene rings is 3. The van der Waals surface area contributed by atoms with Gasteiger partial charge < -0.3 is 20.1 Å². The highest BCUT2D eigenvalue weighted by Crippen LogP contribution is 2.29. The Morgan fingerprint density at radius 1 is 0.939 bits per heavy atom. The molecule has 168 valence electrons. The zero-order chi connectivity index (χ0) is 23.4. The average molecular weight is 462 g/mol. The number of ether oxygens (including phenoxy) is 2. The van der Waals surface area contributed by atoms with E-state index in [-0.39, 0.29) is 12.3 Å². The third-order valence-corrected chi connectivity index (χ3v) is 5.44. The van der Waals surface area contributed by atoms with Gasteiger partial charge in [0.25, 0.3) is 0 Å². The molecule has 7 heteroatoms. The highest BCUT2D eigenvalue weighted by atomic mass is 35.5. The molecule has 0 spiro atoms. The van der Waals surface area contributed by atoms with Crippen molar-refractivity contribution in [3.05, 3.63) is 82.9 Å². The van der Waals surface area contributed by atoms with Crippen LogP contribution in [0.5, 0.6) is 11.5 Å². The summed E-state index contributed by atoms with van der Waals surface area (Å²) >= 11 is 6.07. The van der Waals surface area contributed by atoms with Crippen molar-refractivity contribution in [1.29, 1.82) is 0 Å². The quantitative estimate of drug-likeness (QED) is 0.346. The Kier molecular flexibility index (Phi) is 6.66. The molecule has 0 aliphatic rings. The highest BCUT2D eigenvalue weighted by Gasteiger charge is 2.10. The summed E-state index contributed by atoms with van der Waals surface area (Å²) in [5, 5.41) is 7.88. The van der Waals surface area contributed by atoms with Crippen molar-refractivity contribution >= 4 is 45.6 Å². The first-order valence-corrected chi connectivity index (χ1v) is 10.8. The molecule has 0 aliphatic carbocycles. The molecule has 0 aliphatic heterocycles. The SMILES string of the molecule is COc1ccc(CC(=O)Nc2ccc3nc(Nc4cccc(Cl)c4)cc(C)c3c2)cc1OC. The molecule has 0 radical (unpaired) electrons. The number of aromatic nitrogens is 1. The molecule has 1 amide bonds. The third-order valence-electron chi connectivity index (χ3n) is 5.21. The van der Waals surface area contributed by atoms with Crippen molar-refractivity contribution in [3.8, 4) is 11.5 Å². The zero-order valence-electron chi connectivity index (χ0n) is 18.6. The second kappa shape index (κ2) is 9.79. The topological polar surface area (TPSA) is 72.5 Å². The first-order valence-electron chi connectivity index (χ1n) is 10.4. The van der Waals surface area contributed by atoms with Crippen molar-refractivity contribution in [2.75, 3.05) is 24.9 Å². The number of amides is 1. The Morgan fingerprint density at radius 3 is 2.52 bits per heavy atom. The van der Waals surface area contributed by atoms with Crippen molar-refractivity contribution in [2.24, 2.45) is 0 Å². The number of hydrogen-bond acceptors (Lipinski definition) is 5. The Labute approximate surface area is 197 Å². The van der Waals surface area contributed by atoms with Crippen molar-refractivity contribution in [1.82, 2.24) is 4.98 Å². The summed E-state index contributed by atoms with van der Waals surface area (Å²) in [6.45, 7) is 2.02. The van der Waals surface area contributed by atoms with Crippen molar-refractivity contribution in [3.63, 3.8) is 0 Å². The molecule has 0 fully saturated rings. The number of rotatable bonds is 7. The molecular formula is C26H24ClN3O3. The van der Waals surface area contributed by atoms with E-state index in [4.69, 9.17) is 26.1 Å². The Morgan fingerprint density at radius 2 is 1.76 bits per heavy atom. The van der Waals surface area contributed by atoms with E-state index in [9.17, 15) is 4.79 Å². The Hall–Kier alpha value is -3.77. The predicted molar refractivity (Wildman–Crippen MR) is 133 cm³/mol. The molecule has 6 nitrogen and oxygen atoms in total. The number of carbonyl (C=O) groups is 1. The molecule has 1 heterocycles. The number of anilines is 3. The van der Waals surface area contributed by atoms with Gasteiger partial charge in [-0.05, 0) is 72.6 Å². The summed E-state index contributed by atoms with van der Waals surface area (Å²) in [5.41, 5.74) is 4.29. The van der Waals surface area contributed by atoms with Crippen LogP contribution in [0.3, 0.4) is 0 Å². The standard InChI is InChI=1S/C26H24ClN3O3/c1-16-11-25(28-19-6-4-5-18(27)14-19)30-22-9-8-20(15-21(16)22)29-26(31)13-17-7-10-23(32-2)24(12-17)33-3/h4-12,14-15H,13H2,1-3H3,(H,28,30)(H,29,31). The lowest BCUT2D eigenvalue weighted by Gasteiger charge is -2.12. The van der Waals surface area contributed by atoms with Gasteiger partial charge in [-0.3, -0.25) is 4.79 Å². The van der Waals surface area contributed by atoms with E-state index in [1.165, 1.54) is 0 Å². The summed E-state index contributed by atoms with van der Waals surface area (Å²) in [5.74, 6) is 1.83. The van der Waals surface area contributed by atoms with Gasteiger partial charge in [0.15, 0.2) is 11.5 Å². The van der Waals surface area contributed by atoms with Gasteiger partial charge in [-0.2, -0.15) is 0 Å². The molecule has 33 heavy (non-hydrogen) atoms. The number of pyridine rings is 1. The van der Waals surface area contributed by atoms with Gasteiger partial charge in [-0.15, -0.1) is 0 Å². The number of hydrogen-bond donors (Lipinski definition) is 2. The number of halogens is 1. The number of aryl methyl sites for hydroxylation is 1. The smallest absolute Gasteiger partial charge is 0.228 e. The normalized spacial score (nSPS) is 10.7. The number of nitrogens with zero attached hydrogens (tertiary/aromatic N) is 1. The van der Waals surface area contributed by atoms with Gasteiger partial charge in [-0.25, -0.2) is 4.98 Å². The van der Waals surface area contributed by atoms with Crippen LogP contribution in [-0.4, -0.2) is 25.1 Å². The number of carbonyl (C=O) groups excluding carboxylic acids is 1. The summed E-state index contributed by atoms with van der Waals surface area (Å²) in [6, 6.07) is 20.6. The first-order chi connectivity index (χ1) is 15.9. The first kappa shape index (κ1) is 22.4. The second-order valence-electron chi connectivity index (χ2n) is 7.61. The molecule has 4 aromatic rings. The van der Waals surface area contributed by atoms with Gasteiger partial charge in [0.1, 0.15) is 5.82 Å². The molecule has 0 atom stereocenters. The molecule has 3 aromatic carbocycles. The largest absolute Gasteiger partial charge is 0.493 e. The Balaban J connectivity index is 1.49. The van der Waals surface area contributed by atoms with E-state index in [0.29, 0.717) is 22.2 Å². The van der Waals surface area contributed by atoms with Crippen LogP contribution in [0, 0.1) is 6.92 Å². The van der Waals surface area contributed by atoms with Crippen LogP contribution in [0.15, 0.2) is 66.7 Å². The molecule has 0 bridgehead atoms. The third kappa shape index (κ3) is 5.35. The molecule has 0 saturated carbocycles. The lowest BCUT2D eigenvalue weighted by molar-refractivity contribution is -0.115. The summed E-state index contributed by atoms with van der Waals surface area (Å²) < 4.78 is 10.6. The van der Waals surface area contributed by atoms with Gasteiger partial charge >= 0.3 is 0 Å². The fourth-order valence-corrected chi connectivity index (χ4v) is 3.82. The summed E-state index contributed by atoms with van der Waals surface area (Å²) in [6.07, 6.45) is 0.220. The lowest BCUT2D eigenvalue weighted by Crippen LogP contribution is -2.14. The molecule has 4 rings (SSSR count). The van der Waals surface area contributed by atoms with Crippen LogP contribution in [0.2, 0.25) is 5.02 Å². The van der Waals surface area contributed by atoms with Gasteiger partial charge in [0.05, 0.1) is 26.2 Å². The van der Waals surface area contributed by atoms with Gasteiger partial charge in [0.2, 0.25) is 5.91 Å². The monoisotopic (exact) mass is 461 g/mol. The molecule has 1 aromatic heterocycles. The number of nitrogens with one attached hydrogen (secondary N) is 2.